The zero-order chi connectivity index (χ0) is 21.1. The van der Waals surface area contributed by atoms with Gasteiger partial charge in [-0.05, 0) is 55.9 Å². The number of halogens is 5. The van der Waals surface area contributed by atoms with Gasteiger partial charge in [0, 0.05) is 6.42 Å². The quantitative estimate of drug-likeness (QED) is 0.395. The Balaban J connectivity index is 2.58. The average molecular weight is 408 g/mol. The largest absolute Gasteiger partial charge is 0.465 e. The van der Waals surface area contributed by atoms with Crippen LogP contribution in [0.2, 0.25) is 0 Å². The summed E-state index contributed by atoms with van der Waals surface area (Å²) in [5.41, 5.74) is -2.53. The summed E-state index contributed by atoms with van der Waals surface area (Å²) in [7, 11) is 0. The molecular weight excluding hydrogens is 387 g/mol. The van der Waals surface area contributed by atoms with E-state index in [1.807, 2.05) is 0 Å². The van der Waals surface area contributed by atoms with Crippen molar-refractivity contribution in [2.24, 2.45) is 5.41 Å². The maximum absolute atomic E-state index is 13.1. The van der Waals surface area contributed by atoms with Crippen molar-refractivity contribution in [1.82, 2.24) is 0 Å². The summed E-state index contributed by atoms with van der Waals surface area (Å²) in [6.07, 6.45) is -8.91. The molecule has 1 aromatic rings. The lowest BCUT2D eigenvalue weighted by atomic mass is 9.65. The Morgan fingerprint density at radius 1 is 1.14 bits per heavy atom. The zero-order valence-corrected chi connectivity index (χ0v) is 15.4. The summed E-state index contributed by atoms with van der Waals surface area (Å²) in [4.78, 5) is 25.2. The van der Waals surface area contributed by atoms with Crippen molar-refractivity contribution in [3.05, 3.63) is 34.9 Å². The van der Waals surface area contributed by atoms with E-state index in [-0.39, 0.29) is 30.8 Å². The van der Waals surface area contributed by atoms with E-state index in [9.17, 15) is 31.5 Å². The van der Waals surface area contributed by atoms with Gasteiger partial charge in [0.25, 0.3) is 0 Å². The van der Waals surface area contributed by atoms with Gasteiger partial charge in [-0.2, -0.15) is 13.2 Å². The standard InChI is InChI=1S/C19H21F5O4/c1-3-27-16(25)18(17(26)28-4-2)9-11-5-6-13(19(22,23)24)8-14(11)12(10-18)7-15(20)21/h5-6,8,12,15H,3-4,7,9-10H2,1-2H3. The molecule has 0 amide bonds. The molecule has 28 heavy (non-hydrogen) atoms. The summed E-state index contributed by atoms with van der Waals surface area (Å²) in [6.45, 7) is 2.97. The van der Waals surface area contributed by atoms with E-state index in [1.165, 1.54) is 13.8 Å². The Bertz CT molecular complexity index is 712. The van der Waals surface area contributed by atoms with Crippen LogP contribution in [0.1, 0.15) is 49.3 Å². The van der Waals surface area contributed by atoms with Crippen LogP contribution in [0.5, 0.6) is 0 Å². The van der Waals surface area contributed by atoms with E-state index in [0.717, 1.165) is 18.2 Å². The fourth-order valence-corrected chi connectivity index (χ4v) is 3.60. The Labute approximate surface area is 159 Å². The molecule has 1 unspecified atom stereocenters. The lowest BCUT2D eigenvalue weighted by Gasteiger charge is -2.38. The summed E-state index contributed by atoms with van der Waals surface area (Å²) in [5, 5.41) is 0. The lowest BCUT2D eigenvalue weighted by Crippen LogP contribution is -2.47. The molecule has 0 aromatic heterocycles. The molecule has 0 heterocycles. The van der Waals surface area contributed by atoms with Crippen LogP contribution in [0.25, 0.3) is 0 Å². The van der Waals surface area contributed by atoms with Gasteiger partial charge in [-0.1, -0.05) is 6.07 Å². The Hall–Kier alpha value is -2.19. The number of rotatable bonds is 6. The van der Waals surface area contributed by atoms with Crippen LogP contribution in [0.15, 0.2) is 18.2 Å². The van der Waals surface area contributed by atoms with Gasteiger partial charge in [0.05, 0.1) is 18.8 Å². The number of alkyl halides is 5. The van der Waals surface area contributed by atoms with Gasteiger partial charge in [0.2, 0.25) is 6.43 Å². The third-order valence-electron chi connectivity index (χ3n) is 4.80. The molecule has 1 aliphatic rings. The highest BCUT2D eigenvalue weighted by Gasteiger charge is 2.53. The monoisotopic (exact) mass is 408 g/mol. The topological polar surface area (TPSA) is 52.6 Å². The molecule has 0 saturated carbocycles. The number of ether oxygens (including phenoxy) is 2. The van der Waals surface area contributed by atoms with Crippen LogP contribution in [0.3, 0.4) is 0 Å². The number of carbonyl (C=O) groups is 2. The van der Waals surface area contributed by atoms with E-state index in [4.69, 9.17) is 9.47 Å². The Morgan fingerprint density at radius 3 is 2.18 bits per heavy atom. The number of benzene rings is 1. The Morgan fingerprint density at radius 2 is 1.71 bits per heavy atom. The maximum Gasteiger partial charge on any atom is 0.416 e. The highest BCUT2D eigenvalue weighted by Crippen LogP contribution is 2.47. The van der Waals surface area contributed by atoms with Crippen molar-refractivity contribution in [1.29, 1.82) is 0 Å². The van der Waals surface area contributed by atoms with E-state index in [0.29, 0.717) is 0 Å². The third-order valence-corrected chi connectivity index (χ3v) is 4.80. The van der Waals surface area contributed by atoms with E-state index in [2.05, 4.69) is 0 Å². The van der Waals surface area contributed by atoms with Crippen LogP contribution in [0, 0.1) is 5.41 Å². The first-order valence-corrected chi connectivity index (χ1v) is 8.87. The van der Waals surface area contributed by atoms with Crippen molar-refractivity contribution in [2.75, 3.05) is 13.2 Å². The maximum atomic E-state index is 13.1. The lowest BCUT2D eigenvalue weighted by molar-refractivity contribution is -0.174. The smallest absolute Gasteiger partial charge is 0.416 e. The van der Waals surface area contributed by atoms with Crippen LogP contribution >= 0.6 is 0 Å². The number of hydrogen-bond acceptors (Lipinski definition) is 4. The molecule has 4 nitrogen and oxygen atoms in total. The minimum Gasteiger partial charge on any atom is -0.465 e. The summed E-state index contributed by atoms with van der Waals surface area (Å²) in [6, 6.07) is 2.76. The van der Waals surface area contributed by atoms with E-state index < -0.39 is 54.3 Å². The fraction of sp³-hybridized carbons (Fsp3) is 0.579. The molecular formula is C19H21F5O4. The molecule has 0 bridgehead atoms. The van der Waals surface area contributed by atoms with Crippen molar-refractivity contribution in [2.45, 2.75) is 51.6 Å². The summed E-state index contributed by atoms with van der Waals surface area (Å²) >= 11 is 0. The number of esters is 2. The van der Waals surface area contributed by atoms with Gasteiger partial charge < -0.3 is 9.47 Å². The van der Waals surface area contributed by atoms with Gasteiger partial charge >= 0.3 is 18.1 Å². The predicted molar refractivity (Wildman–Crippen MR) is 88.8 cm³/mol. The molecule has 9 heteroatoms. The van der Waals surface area contributed by atoms with Gasteiger partial charge in [0.1, 0.15) is 0 Å². The molecule has 1 aliphatic carbocycles. The molecule has 0 fully saturated rings. The minimum atomic E-state index is -4.64. The predicted octanol–water partition coefficient (Wildman–Crippen LogP) is 4.50. The molecule has 0 N–H and O–H groups in total. The van der Waals surface area contributed by atoms with Crippen molar-refractivity contribution < 1.29 is 41.0 Å². The molecule has 1 atom stereocenters. The first kappa shape index (κ1) is 22.1. The average Bonchev–Trinajstić information content (AvgIpc) is 2.60. The van der Waals surface area contributed by atoms with Crippen LogP contribution in [0.4, 0.5) is 22.0 Å². The normalized spacial score (nSPS) is 18.5. The van der Waals surface area contributed by atoms with Gasteiger partial charge in [-0.3, -0.25) is 9.59 Å². The molecule has 2 rings (SSSR count). The molecule has 0 aliphatic heterocycles. The molecule has 0 spiro atoms. The molecule has 1 aromatic carbocycles. The molecule has 0 saturated heterocycles. The van der Waals surface area contributed by atoms with E-state index in [1.54, 1.807) is 0 Å². The second-order valence-corrected chi connectivity index (χ2v) is 6.64. The van der Waals surface area contributed by atoms with Crippen molar-refractivity contribution in [3.8, 4) is 0 Å². The number of carbonyl (C=O) groups excluding carboxylic acids is 2. The van der Waals surface area contributed by atoms with Crippen molar-refractivity contribution in [3.63, 3.8) is 0 Å². The SMILES string of the molecule is CCOC(=O)C1(C(=O)OCC)Cc2ccc(C(F)(F)F)cc2C(CC(F)F)C1. The molecule has 0 radical (unpaired) electrons. The summed E-state index contributed by atoms with van der Waals surface area (Å²) in [5.74, 6) is -2.96. The number of hydrogen-bond donors (Lipinski definition) is 0. The highest BCUT2D eigenvalue weighted by atomic mass is 19.4. The van der Waals surface area contributed by atoms with Gasteiger partial charge in [-0.25, -0.2) is 8.78 Å². The minimum absolute atomic E-state index is 0.0423. The third kappa shape index (κ3) is 4.44. The van der Waals surface area contributed by atoms with Crippen LogP contribution in [-0.4, -0.2) is 31.6 Å². The first-order chi connectivity index (χ1) is 13.0. The first-order valence-electron chi connectivity index (χ1n) is 8.87. The van der Waals surface area contributed by atoms with Gasteiger partial charge in [0.15, 0.2) is 5.41 Å². The van der Waals surface area contributed by atoms with Crippen LogP contribution in [-0.2, 0) is 31.7 Å². The molecule has 156 valence electrons. The summed E-state index contributed by atoms with van der Waals surface area (Å²) < 4.78 is 75.5. The second kappa shape index (κ2) is 8.45. The van der Waals surface area contributed by atoms with Crippen LogP contribution < -0.4 is 0 Å². The number of fused-ring (bicyclic) bond motifs is 1. The second-order valence-electron chi connectivity index (χ2n) is 6.64. The van der Waals surface area contributed by atoms with Gasteiger partial charge in [-0.15, -0.1) is 0 Å². The van der Waals surface area contributed by atoms with E-state index >= 15 is 0 Å². The fourth-order valence-electron chi connectivity index (χ4n) is 3.60. The Kier molecular flexibility index (Phi) is 6.67. The zero-order valence-electron chi connectivity index (χ0n) is 15.4. The highest BCUT2D eigenvalue weighted by molar-refractivity contribution is 6.01. The van der Waals surface area contributed by atoms with Crippen molar-refractivity contribution >= 4 is 11.9 Å².